The topological polar surface area (TPSA) is 9.23 Å². The quantitative estimate of drug-likeness (QED) is 0.555. The molecule has 1 fully saturated rings. The van der Waals surface area contributed by atoms with Crippen molar-refractivity contribution in [2.24, 2.45) is 0 Å². The lowest BCUT2D eigenvalue weighted by atomic mass is 10.0. The first-order valence-corrected chi connectivity index (χ1v) is 8.07. The van der Waals surface area contributed by atoms with Crippen LogP contribution in [0.3, 0.4) is 0 Å². The molecule has 0 aromatic heterocycles. The summed E-state index contributed by atoms with van der Waals surface area (Å²) in [5, 5.41) is 0.946. The highest BCUT2D eigenvalue weighted by Gasteiger charge is 2.20. The highest BCUT2D eigenvalue weighted by Crippen LogP contribution is 2.21. The summed E-state index contributed by atoms with van der Waals surface area (Å²) < 4.78 is 5.12. The molecule has 10 heavy (non-hydrogen) atoms. The monoisotopic (exact) mass is 273 g/mol. The van der Waals surface area contributed by atoms with E-state index in [9.17, 15) is 0 Å². The molecule has 0 unspecified atom stereocenters. The van der Waals surface area contributed by atoms with Crippen LogP contribution in [0.25, 0.3) is 0 Å². The van der Waals surface area contributed by atoms with Crippen molar-refractivity contribution in [2.45, 2.75) is 37.4 Å². The van der Waals surface area contributed by atoms with E-state index in [4.69, 9.17) is 3.07 Å². The molecular weight excluding hydrogens is 259 g/mol. The van der Waals surface area contributed by atoms with Crippen molar-refractivity contribution < 1.29 is 3.07 Å². The van der Waals surface area contributed by atoms with Crippen LogP contribution in [0.4, 0.5) is 0 Å². The van der Waals surface area contributed by atoms with Crippen LogP contribution in [0.2, 0.25) is 0 Å². The van der Waals surface area contributed by atoms with E-state index in [0.29, 0.717) is 0 Å². The summed E-state index contributed by atoms with van der Waals surface area (Å²) in [5.74, 6) is 0. The van der Waals surface area contributed by atoms with Crippen LogP contribution in [-0.4, -0.2) is 12.4 Å². The van der Waals surface area contributed by atoms with Crippen molar-refractivity contribution in [1.82, 2.24) is 0 Å². The van der Waals surface area contributed by atoms with E-state index in [1.165, 1.54) is 32.1 Å². The number of halogens is 1. The molecule has 0 radical (unpaired) electrons. The van der Waals surface area contributed by atoms with E-state index in [1.807, 2.05) is 7.11 Å². The van der Waals surface area contributed by atoms with Crippen LogP contribution in [0, 0.1) is 0 Å². The third-order valence-electron chi connectivity index (χ3n) is 1.78. The maximum absolute atomic E-state index is 5.12. The zero-order chi connectivity index (χ0) is 7.23. The first-order chi connectivity index (χ1) is 4.93. The summed E-state index contributed by atoms with van der Waals surface area (Å²) in [6.07, 6.45) is 7.24. The maximum atomic E-state index is 5.12. The largest absolute Gasteiger partial charge is 0.392 e. The van der Waals surface area contributed by atoms with Crippen LogP contribution >= 0.6 is 19.7 Å². The predicted molar refractivity (Wildman–Crippen MR) is 55.3 cm³/mol. The van der Waals surface area contributed by atoms with Crippen molar-refractivity contribution in [2.75, 3.05) is 7.11 Å². The van der Waals surface area contributed by atoms with Crippen LogP contribution < -0.4 is 0 Å². The minimum absolute atomic E-state index is 0.0194. The molecular formula is C7H14IOS+. The van der Waals surface area contributed by atoms with Gasteiger partial charge in [0.05, 0.1) is 7.11 Å². The van der Waals surface area contributed by atoms with Crippen molar-refractivity contribution in [3.8, 4) is 0 Å². The van der Waals surface area contributed by atoms with Gasteiger partial charge in [-0.25, -0.2) is 0 Å². The molecule has 0 bridgehead atoms. The molecule has 1 aliphatic rings. The lowest BCUT2D eigenvalue weighted by Gasteiger charge is -2.08. The van der Waals surface area contributed by atoms with Gasteiger partial charge in [0.1, 0.15) is 0 Å². The molecule has 0 aromatic rings. The normalized spacial score (nSPS) is 22.9. The van der Waals surface area contributed by atoms with E-state index < -0.39 is 0 Å². The number of hydrogen-bond donors (Lipinski definition) is 0. The van der Waals surface area contributed by atoms with Crippen LogP contribution in [0.15, 0.2) is 0 Å². The zero-order valence-corrected chi connectivity index (χ0v) is 9.28. The fourth-order valence-electron chi connectivity index (χ4n) is 1.24. The lowest BCUT2D eigenvalue weighted by molar-refractivity contribution is 0.517. The lowest BCUT2D eigenvalue weighted by Crippen LogP contribution is -2.09. The molecule has 1 rings (SSSR count). The fraction of sp³-hybridized carbons (Fsp3) is 1.00. The SMILES string of the molecule is COI=[S+]C1CCCCC1. The molecule has 1 saturated carbocycles. The second-order valence-corrected chi connectivity index (χ2v) is 7.02. The molecule has 0 amide bonds. The minimum atomic E-state index is 0.0194. The first-order valence-electron chi connectivity index (χ1n) is 3.77. The molecule has 1 nitrogen and oxygen atoms in total. The van der Waals surface area contributed by atoms with Gasteiger partial charge in [-0.2, -0.15) is 0 Å². The molecule has 0 aliphatic heterocycles. The molecule has 0 heterocycles. The number of rotatable bonds is 2. The number of hydrogen-bond acceptors (Lipinski definition) is 1. The third-order valence-corrected chi connectivity index (χ3v) is 6.56. The molecule has 0 saturated heterocycles. The summed E-state index contributed by atoms with van der Waals surface area (Å²) in [7, 11) is 3.91. The summed E-state index contributed by atoms with van der Waals surface area (Å²) >= 11 is 0.0194. The van der Waals surface area contributed by atoms with E-state index in [0.717, 1.165) is 5.25 Å². The molecule has 0 atom stereocenters. The van der Waals surface area contributed by atoms with Crippen LogP contribution in [0.1, 0.15) is 32.1 Å². The van der Waals surface area contributed by atoms with E-state index in [1.54, 1.807) is 0 Å². The van der Waals surface area contributed by atoms with Gasteiger partial charge < -0.3 is 0 Å². The highest BCUT2D eigenvalue weighted by molar-refractivity contribution is 14.2. The molecule has 0 spiro atoms. The molecule has 0 aromatic carbocycles. The first kappa shape index (κ1) is 9.00. The Morgan fingerprint density at radius 2 is 2.00 bits per heavy atom. The Morgan fingerprint density at radius 3 is 2.60 bits per heavy atom. The Labute approximate surface area is 75.5 Å². The average Bonchev–Trinajstić information content (AvgIpc) is 2.03. The average molecular weight is 273 g/mol. The molecule has 3 heteroatoms. The fourth-order valence-corrected chi connectivity index (χ4v) is 4.96. The van der Waals surface area contributed by atoms with Crippen molar-refractivity contribution in [3.63, 3.8) is 0 Å². The highest BCUT2D eigenvalue weighted by atomic mass is 127. The third kappa shape index (κ3) is 3.34. The van der Waals surface area contributed by atoms with Gasteiger partial charge >= 0.3 is 19.7 Å². The van der Waals surface area contributed by atoms with Gasteiger partial charge in [0.2, 0.25) is 8.41 Å². The standard InChI is InChI=1S/C7H14IOS/c1-9-8-10-7-5-3-2-4-6-7/h7H,2-6H2,1H3/q+1. The summed E-state index contributed by atoms with van der Waals surface area (Å²) in [5.41, 5.74) is 0. The zero-order valence-electron chi connectivity index (χ0n) is 6.31. The van der Waals surface area contributed by atoms with Crippen molar-refractivity contribution >= 4 is 28.1 Å². The summed E-state index contributed by atoms with van der Waals surface area (Å²) in [6, 6.07) is 0. The van der Waals surface area contributed by atoms with Gasteiger partial charge in [0.25, 0.3) is 0 Å². The van der Waals surface area contributed by atoms with Gasteiger partial charge in [-0.1, -0.05) is 6.42 Å². The Balaban J connectivity index is 2.19. The van der Waals surface area contributed by atoms with E-state index in [-0.39, 0.29) is 19.7 Å². The van der Waals surface area contributed by atoms with Crippen LogP contribution in [0.5, 0.6) is 0 Å². The van der Waals surface area contributed by atoms with Gasteiger partial charge in [-0.05, 0) is 12.8 Å². The van der Waals surface area contributed by atoms with E-state index in [2.05, 4.69) is 8.41 Å². The summed E-state index contributed by atoms with van der Waals surface area (Å²) in [6.45, 7) is 0. The van der Waals surface area contributed by atoms with Gasteiger partial charge in [0, 0.05) is 12.8 Å². The Bertz CT molecular complexity index is 110. The van der Waals surface area contributed by atoms with Gasteiger partial charge in [-0.15, -0.1) is 0 Å². The van der Waals surface area contributed by atoms with Gasteiger partial charge in [0.15, 0.2) is 5.25 Å². The summed E-state index contributed by atoms with van der Waals surface area (Å²) in [4.78, 5) is 0. The molecule has 1 aliphatic carbocycles. The van der Waals surface area contributed by atoms with Crippen LogP contribution in [-0.2, 0) is 11.5 Å². The Hall–Kier alpha value is 0.910. The second kappa shape index (κ2) is 5.55. The minimum Gasteiger partial charge on any atom is -0.281 e. The Morgan fingerprint density at radius 1 is 1.30 bits per heavy atom. The molecule has 0 N–H and O–H groups in total. The Kier molecular flexibility index (Phi) is 4.99. The van der Waals surface area contributed by atoms with E-state index >= 15 is 0 Å². The second-order valence-electron chi connectivity index (χ2n) is 2.57. The molecule has 60 valence electrons. The maximum Gasteiger partial charge on any atom is 0.392 e. The van der Waals surface area contributed by atoms with Crippen molar-refractivity contribution in [1.29, 1.82) is 0 Å². The smallest absolute Gasteiger partial charge is 0.281 e. The predicted octanol–water partition coefficient (Wildman–Crippen LogP) is 2.85. The van der Waals surface area contributed by atoms with Crippen molar-refractivity contribution in [3.05, 3.63) is 0 Å². The van der Waals surface area contributed by atoms with Gasteiger partial charge in [-0.3, -0.25) is 3.07 Å².